The molecule has 0 atom stereocenters. The SMILES string of the molecule is OP(O)(=S)S.[Ba+2].[CH2-]CCCCCCC.[CH2-]CCCCCCC. The molecule has 0 unspecified atom stereocenters. The minimum Gasteiger partial charge on any atom is -0.343 e. The van der Waals surface area contributed by atoms with Crippen LogP contribution in [0, 0.1) is 13.8 Å². The predicted octanol–water partition coefficient (Wildman–Crippen LogP) is 6.11. The predicted molar refractivity (Wildman–Crippen MR) is 111 cm³/mol. The first-order chi connectivity index (χ1) is 9.83. The number of hydrogen-bond donors (Lipinski definition) is 3. The summed E-state index contributed by atoms with van der Waals surface area (Å²) in [6.07, 6.45) is 16.0. The zero-order chi connectivity index (χ0) is 17.0. The first-order valence-electron chi connectivity index (χ1n) is 8.20. The van der Waals surface area contributed by atoms with Crippen LogP contribution < -0.4 is 0 Å². The fraction of sp³-hybridized carbons (Fsp3) is 0.875. The van der Waals surface area contributed by atoms with Crippen molar-refractivity contribution >= 4 is 78.6 Å². The van der Waals surface area contributed by atoms with E-state index in [0.717, 1.165) is 12.8 Å². The molecule has 0 aromatic heterocycles. The molecule has 0 bridgehead atoms. The van der Waals surface area contributed by atoms with Crippen LogP contribution in [0.4, 0.5) is 0 Å². The standard InChI is InChI=1S/2C8H17.Ba.H3O2PS2/c2*1-3-5-7-8-6-4-2;;1-3(2,4)5/h2*1,3-8H2,2H3;;(H3,1,2,4,5)/q2*-1;+2;. The van der Waals surface area contributed by atoms with Gasteiger partial charge in [-0.05, 0) is 11.8 Å². The third-order valence-electron chi connectivity index (χ3n) is 2.71. The first kappa shape index (κ1) is 32.2. The summed E-state index contributed by atoms with van der Waals surface area (Å²) in [6, 6.07) is 0. The van der Waals surface area contributed by atoms with Crippen molar-refractivity contribution in [2.24, 2.45) is 0 Å². The molecule has 0 fully saturated rings. The second-order valence-corrected chi connectivity index (χ2v) is 10.1. The Bertz CT molecular complexity index is 182. The molecule has 132 valence electrons. The van der Waals surface area contributed by atoms with Gasteiger partial charge in [-0.25, -0.2) is 0 Å². The van der Waals surface area contributed by atoms with Crippen LogP contribution in [-0.4, -0.2) is 58.7 Å². The largest absolute Gasteiger partial charge is 2.00 e. The van der Waals surface area contributed by atoms with Crippen LogP contribution in [0.5, 0.6) is 0 Å². The van der Waals surface area contributed by atoms with Gasteiger partial charge in [0.25, 0.3) is 0 Å². The van der Waals surface area contributed by atoms with Gasteiger partial charge < -0.3 is 23.6 Å². The third kappa shape index (κ3) is 66.6. The van der Waals surface area contributed by atoms with Crippen molar-refractivity contribution in [1.29, 1.82) is 0 Å². The average Bonchev–Trinajstić information content (AvgIpc) is 2.39. The van der Waals surface area contributed by atoms with E-state index in [-0.39, 0.29) is 48.9 Å². The van der Waals surface area contributed by atoms with E-state index in [9.17, 15) is 0 Å². The Morgan fingerprint density at radius 2 is 1.00 bits per heavy atom. The summed E-state index contributed by atoms with van der Waals surface area (Å²) >= 11 is 7.07. The Balaban J connectivity index is -0.000000111. The Kier molecular flexibility index (Phi) is 41.4. The van der Waals surface area contributed by atoms with Gasteiger partial charge in [0, 0.05) is 0 Å². The minimum atomic E-state index is -3.11. The summed E-state index contributed by atoms with van der Waals surface area (Å²) in [5, 5.41) is 0. The van der Waals surface area contributed by atoms with Crippen molar-refractivity contribution in [2.45, 2.75) is 90.9 Å². The van der Waals surface area contributed by atoms with Crippen LogP contribution in [0.1, 0.15) is 90.9 Å². The molecule has 0 saturated carbocycles. The minimum absolute atomic E-state index is 0. The van der Waals surface area contributed by atoms with Crippen LogP contribution in [0.3, 0.4) is 0 Å². The maximum absolute atomic E-state index is 7.87. The molecule has 0 aliphatic rings. The number of hydrogen-bond acceptors (Lipinski definition) is 1. The van der Waals surface area contributed by atoms with E-state index < -0.39 is 5.69 Å². The molecule has 0 aromatic carbocycles. The van der Waals surface area contributed by atoms with Crippen LogP contribution in [0.25, 0.3) is 0 Å². The quantitative estimate of drug-likeness (QED) is 0.113. The molecular formula is C16H37BaO2PS2. The van der Waals surface area contributed by atoms with E-state index in [1.165, 1.54) is 64.2 Å². The van der Waals surface area contributed by atoms with Gasteiger partial charge in [-0.2, -0.15) is 12.8 Å². The first-order valence-corrected chi connectivity index (χ1v) is 12.1. The maximum Gasteiger partial charge on any atom is 2.00 e. The van der Waals surface area contributed by atoms with Crippen molar-refractivity contribution in [2.75, 3.05) is 0 Å². The summed E-state index contributed by atoms with van der Waals surface area (Å²) in [5.74, 6) is 0. The van der Waals surface area contributed by atoms with Crippen molar-refractivity contribution < 1.29 is 9.79 Å². The summed E-state index contributed by atoms with van der Waals surface area (Å²) < 4.78 is 0. The van der Waals surface area contributed by atoms with E-state index in [1.54, 1.807) is 0 Å². The van der Waals surface area contributed by atoms with Crippen LogP contribution in [0.15, 0.2) is 0 Å². The second-order valence-electron chi connectivity index (χ2n) is 5.05. The zero-order valence-corrected chi connectivity index (χ0v) is 21.8. The molecule has 0 aliphatic carbocycles. The number of thiol groups is 1. The summed E-state index contributed by atoms with van der Waals surface area (Å²) in [4.78, 5) is 15.7. The Morgan fingerprint density at radius 3 is 1.18 bits per heavy atom. The van der Waals surface area contributed by atoms with Gasteiger partial charge in [-0.1, -0.05) is 90.3 Å². The summed E-state index contributed by atoms with van der Waals surface area (Å²) in [6.45, 7) is 12.0. The Morgan fingerprint density at radius 1 is 0.773 bits per heavy atom. The van der Waals surface area contributed by atoms with Crippen molar-refractivity contribution in [3.63, 3.8) is 0 Å². The molecule has 0 amide bonds. The Labute approximate surface area is 191 Å². The molecule has 2 N–H and O–H groups in total. The van der Waals surface area contributed by atoms with Gasteiger partial charge in [0.1, 0.15) is 0 Å². The van der Waals surface area contributed by atoms with Gasteiger partial charge in [-0.15, -0.1) is 0 Å². The molecular weight excluding hydrogens is 457 g/mol. The van der Waals surface area contributed by atoms with E-state index in [4.69, 9.17) is 9.79 Å². The molecule has 0 aromatic rings. The third-order valence-corrected chi connectivity index (χ3v) is 2.71. The molecule has 0 saturated heterocycles. The summed E-state index contributed by atoms with van der Waals surface area (Å²) in [7, 11) is 0. The molecule has 2 nitrogen and oxygen atoms in total. The van der Waals surface area contributed by atoms with Crippen molar-refractivity contribution in [3.8, 4) is 0 Å². The zero-order valence-electron chi connectivity index (χ0n) is 14.8. The molecule has 6 heteroatoms. The van der Waals surface area contributed by atoms with E-state index >= 15 is 0 Å². The maximum atomic E-state index is 7.87. The van der Waals surface area contributed by atoms with Crippen LogP contribution in [0.2, 0.25) is 0 Å². The van der Waals surface area contributed by atoms with Crippen LogP contribution >= 0.6 is 17.9 Å². The van der Waals surface area contributed by atoms with Gasteiger partial charge in [0.15, 0.2) is 0 Å². The molecule has 0 heterocycles. The van der Waals surface area contributed by atoms with Gasteiger partial charge >= 0.3 is 48.9 Å². The summed E-state index contributed by atoms with van der Waals surface area (Å²) in [5.41, 5.74) is -3.11. The normalized spacial score (nSPS) is 9.77. The van der Waals surface area contributed by atoms with E-state index in [2.05, 4.69) is 51.8 Å². The van der Waals surface area contributed by atoms with Crippen LogP contribution in [-0.2, 0) is 11.8 Å². The molecule has 0 radical (unpaired) electrons. The van der Waals surface area contributed by atoms with Gasteiger partial charge in [0.05, 0.1) is 0 Å². The smallest absolute Gasteiger partial charge is 0.343 e. The monoisotopic (exact) mass is 494 g/mol. The molecule has 0 aliphatic heterocycles. The van der Waals surface area contributed by atoms with Crippen molar-refractivity contribution in [1.82, 2.24) is 0 Å². The van der Waals surface area contributed by atoms with E-state index in [1.807, 2.05) is 0 Å². The molecule has 0 rings (SSSR count). The van der Waals surface area contributed by atoms with Gasteiger partial charge in [-0.3, -0.25) is 0 Å². The topological polar surface area (TPSA) is 40.5 Å². The fourth-order valence-corrected chi connectivity index (χ4v) is 1.56. The average molecular weight is 494 g/mol. The van der Waals surface area contributed by atoms with Crippen molar-refractivity contribution in [3.05, 3.63) is 13.8 Å². The fourth-order valence-electron chi connectivity index (χ4n) is 1.56. The number of rotatable bonds is 10. The molecule has 22 heavy (non-hydrogen) atoms. The van der Waals surface area contributed by atoms with E-state index in [0.29, 0.717) is 0 Å². The Hall–Kier alpha value is 2.49. The van der Waals surface area contributed by atoms with Gasteiger partial charge in [0.2, 0.25) is 5.69 Å². The number of unbranched alkanes of at least 4 members (excludes halogenated alkanes) is 10. The second kappa shape index (κ2) is 28.3. The molecule has 0 spiro atoms.